The second-order valence-corrected chi connectivity index (χ2v) is 4.48. The summed E-state index contributed by atoms with van der Waals surface area (Å²) in [6, 6.07) is 2.20. The van der Waals surface area contributed by atoms with Crippen molar-refractivity contribution in [2.75, 3.05) is 12.4 Å². The zero-order valence-electron chi connectivity index (χ0n) is 10.1. The third-order valence-corrected chi connectivity index (χ3v) is 3.16. The standard InChI is InChI=1S/C12H13N3O2S/c1-8(9-3-4-18-7-9)15-11-6-13-10(5-14-11)12(16)17-2/h3-8H,1-2H3,(H,14,15). The maximum absolute atomic E-state index is 11.2. The Kier molecular flexibility index (Phi) is 3.88. The van der Waals surface area contributed by atoms with Crippen LogP contribution in [0.3, 0.4) is 0 Å². The summed E-state index contributed by atoms with van der Waals surface area (Å²) in [5.41, 5.74) is 1.39. The molecule has 1 unspecified atom stereocenters. The van der Waals surface area contributed by atoms with Crippen LogP contribution in [0.4, 0.5) is 5.82 Å². The number of thiophene rings is 1. The highest BCUT2D eigenvalue weighted by Gasteiger charge is 2.09. The van der Waals surface area contributed by atoms with Crippen LogP contribution in [-0.4, -0.2) is 23.0 Å². The lowest BCUT2D eigenvalue weighted by Crippen LogP contribution is -2.09. The zero-order chi connectivity index (χ0) is 13.0. The second kappa shape index (κ2) is 5.59. The van der Waals surface area contributed by atoms with Crippen LogP contribution in [0, 0.1) is 0 Å². The van der Waals surface area contributed by atoms with E-state index in [1.165, 1.54) is 25.1 Å². The SMILES string of the molecule is COC(=O)c1cnc(NC(C)c2ccsc2)cn1. The van der Waals surface area contributed by atoms with Crippen molar-refractivity contribution in [2.45, 2.75) is 13.0 Å². The quantitative estimate of drug-likeness (QED) is 0.859. The average molecular weight is 263 g/mol. The van der Waals surface area contributed by atoms with Crippen molar-refractivity contribution >= 4 is 23.1 Å². The third-order valence-electron chi connectivity index (χ3n) is 2.45. The summed E-state index contributed by atoms with van der Waals surface area (Å²) in [4.78, 5) is 19.3. The van der Waals surface area contributed by atoms with Gasteiger partial charge in [-0.2, -0.15) is 11.3 Å². The summed E-state index contributed by atoms with van der Waals surface area (Å²) in [6.45, 7) is 2.04. The number of nitrogens with zero attached hydrogens (tertiary/aromatic N) is 2. The monoisotopic (exact) mass is 263 g/mol. The van der Waals surface area contributed by atoms with Crippen LogP contribution >= 0.6 is 11.3 Å². The lowest BCUT2D eigenvalue weighted by molar-refractivity contribution is 0.0593. The molecule has 94 valence electrons. The molecule has 1 N–H and O–H groups in total. The van der Waals surface area contributed by atoms with E-state index in [9.17, 15) is 4.79 Å². The summed E-state index contributed by atoms with van der Waals surface area (Å²) in [5.74, 6) is 0.140. The van der Waals surface area contributed by atoms with Gasteiger partial charge in [-0.25, -0.2) is 14.8 Å². The second-order valence-electron chi connectivity index (χ2n) is 3.70. The molecule has 5 nitrogen and oxygen atoms in total. The van der Waals surface area contributed by atoms with Crippen molar-refractivity contribution in [1.29, 1.82) is 0 Å². The van der Waals surface area contributed by atoms with E-state index in [1.54, 1.807) is 11.3 Å². The molecule has 6 heteroatoms. The van der Waals surface area contributed by atoms with Crippen LogP contribution < -0.4 is 5.32 Å². The molecule has 0 radical (unpaired) electrons. The number of carbonyl (C=O) groups excluding carboxylic acids is 1. The molecule has 2 aromatic rings. The van der Waals surface area contributed by atoms with Crippen LogP contribution in [0.5, 0.6) is 0 Å². The number of methoxy groups -OCH3 is 1. The van der Waals surface area contributed by atoms with E-state index in [2.05, 4.69) is 31.5 Å². The molecular weight excluding hydrogens is 250 g/mol. The van der Waals surface area contributed by atoms with Crippen LogP contribution in [-0.2, 0) is 4.74 Å². The summed E-state index contributed by atoms with van der Waals surface area (Å²) >= 11 is 1.65. The number of hydrogen-bond donors (Lipinski definition) is 1. The van der Waals surface area contributed by atoms with E-state index in [-0.39, 0.29) is 11.7 Å². The van der Waals surface area contributed by atoms with Gasteiger partial charge in [0.2, 0.25) is 0 Å². The van der Waals surface area contributed by atoms with Gasteiger partial charge in [-0.05, 0) is 29.3 Å². The molecule has 0 saturated heterocycles. The maximum Gasteiger partial charge on any atom is 0.358 e. The fourth-order valence-corrected chi connectivity index (χ4v) is 2.19. The van der Waals surface area contributed by atoms with Gasteiger partial charge in [-0.15, -0.1) is 0 Å². The van der Waals surface area contributed by atoms with E-state index in [0.717, 1.165) is 0 Å². The molecule has 0 saturated carbocycles. The van der Waals surface area contributed by atoms with Crippen molar-refractivity contribution < 1.29 is 9.53 Å². The molecule has 2 aromatic heterocycles. The molecule has 0 aliphatic heterocycles. The highest BCUT2D eigenvalue weighted by molar-refractivity contribution is 7.07. The molecule has 0 amide bonds. The Hall–Kier alpha value is -1.95. The van der Waals surface area contributed by atoms with E-state index >= 15 is 0 Å². The number of esters is 1. The van der Waals surface area contributed by atoms with Crippen molar-refractivity contribution in [3.05, 3.63) is 40.5 Å². The molecule has 2 rings (SSSR count). The predicted octanol–water partition coefficient (Wildman–Crippen LogP) is 2.50. The molecule has 0 aromatic carbocycles. The number of anilines is 1. The smallest absolute Gasteiger partial charge is 0.358 e. The predicted molar refractivity (Wildman–Crippen MR) is 69.7 cm³/mol. The number of aromatic nitrogens is 2. The summed E-state index contributed by atoms with van der Waals surface area (Å²) in [7, 11) is 1.31. The zero-order valence-corrected chi connectivity index (χ0v) is 10.9. The summed E-state index contributed by atoms with van der Waals surface area (Å²) in [5, 5.41) is 7.31. The number of hydrogen-bond acceptors (Lipinski definition) is 6. The van der Waals surface area contributed by atoms with Gasteiger partial charge < -0.3 is 10.1 Å². The lowest BCUT2D eigenvalue weighted by atomic mass is 10.2. The number of ether oxygens (including phenoxy) is 1. The Bertz CT molecular complexity index is 511. The highest BCUT2D eigenvalue weighted by atomic mass is 32.1. The number of carbonyl (C=O) groups is 1. The first-order valence-corrected chi connectivity index (χ1v) is 6.34. The van der Waals surface area contributed by atoms with E-state index < -0.39 is 5.97 Å². The van der Waals surface area contributed by atoms with Crippen LogP contribution in [0.2, 0.25) is 0 Å². The first-order chi connectivity index (χ1) is 8.70. The maximum atomic E-state index is 11.2. The fraction of sp³-hybridized carbons (Fsp3) is 0.250. The Morgan fingerprint density at radius 3 is 2.83 bits per heavy atom. The van der Waals surface area contributed by atoms with Gasteiger partial charge in [-0.1, -0.05) is 0 Å². The first-order valence-electron chi connectivity index (χ1n) is 5.39. The molecule has 0 aliphatic carbocycles. The molecule has 0 spiro atoms. The van der Waals surface area contributed by atoms with E-state index in [0.29, 0.717) is 5.82 Å². The largest absolute Gasteiger partial charge is 0.464 e. The Balaban J connectivity index is 2.04. The van der Waals surface area contributed by atoms with E-state index in [1.807, 2.05) is 12.3 Å². The third kappa shape index (κ3) is 2.84. The molecule has 18 heavy (non-hydrogen) atoms. The lowest BCUT2D eigenvalue weighted by Gasteiger charge is -2.12. The molecule has 0 aliphatic rings. The van der Waals surface area contributed by atoms with E-state index in [4.69, 9.17) is 0 Å². The minimum Gasteiger partial charge on any atom is -0.464 e. The molecular formula is C12H13N3O2S. The molecule has 1 atom stereocenters. The van der Waals surface area contributed by atoms with Gasteiger partial charge in [0.15, 0.2) is 5.69 Å². The van der Waals surface area contributed by atoms with Gasteiger partial charge in [0.05, 0.1) is 25.5 Å². The fourth-order valence-electron chi connectivity index (χ4n) is 1.44. The summed E-state index contributed by atoms with van der Waals surface area (Å²) in [6.07, 6.45) is 2.92. The summed E-state index contributed by atoms with van der Waals surface area (Å²) < 4.78 is 4.56. The van der Waals surface area contributed by atoms with Crippen LogP contribution in [0.1, 0.15) is 29.0 Å². The van der Waals surface area contributed by atoms with Crippen LogP contribution in [0.15, 0.2) is 29.2 Å². The van der Waals surface area contributed by atoms with Crippen molar-refractivity contribution in [2.24, 2.45) is 0 Å². The highest BCUT2D eigenvalue weighted by Crippen LogP contribution is 2.19. The number of rotatable bonds is 4. The van der Waals surface area contributed by atoms with Crippen molar-refractivity contribution in [3.8, 4) is 0 Å². The Morgan fingerprint density at radius 1 is 1.44 bits per heavy atom. The molecule has 2 heterocycles. The molecule has 0 bridgehead atoms. The first kappa shape index (κ1) is 12.5. The average Bonchev–Trinajstić information content (AvgIpc) is 2.92. The van der Waals surface area contributed by atoms with Gasteiger partial charge in [0.25, 0.3) is 0 Å². The normalized spacial score (nSPS) is 11.9. The molecule has 0 fully saturated rings. The van der Waals surface area contributed by atoms with Crippen molar-refractivity contribution in [1.82, 2.24) is 9.97 Å². The minimum atomic E-state index is -0.486. The Morgan fingerprint density at radius 2 is 2.28 bits per heavy atom. The minimum absolute atomic E-state index is 0.148. The number of nitrogens with one attached hydrogen (secondary N) is 1. The van der Waals surface area contributed by atoms with Crippen LogP contribution in [0.25, 0.3) is 0 Å². The van der Waals surface area contributed by atoms with Gasteiger partial charge in [-0.3, -0.25) is 0 Å². The van der Waals surface area contributed by atoms with Gasteiger partial charge in [0, 0.05) is 0 Å². The van der Waals surface area contributed by atoms with Gasteiger partial charge in [0.1, 0.15) is 5.82 Å². The Labute approximate surface area is 109 Å². The van der Waals surface area contributed by atoms with Crippen molar-refractivity contribution in [3.63, 3.8) is 0 Å². The van der Waals surface area contributed by atoms with Gasteiger partial charge >= 0.3 is 5.97 Å². The topological polar surface area (TPSA) is 64.1 Å².